The highest BCUT2D eigenvalue weighted by atomic mass is 19.4. The van der Waals surface area contributed by atoms with Crippen LogP contribution >= 0.6 is 0 Å². The van der Waals surface area contributed by atoms with Crippen LogP contribution in [0.4, 0.5) is 17.6 Å². The zero-order valence-corrected chi connectivity index (χ0v) is 18.3. The molecule has 2 aromatic carbocycles. The van der Waals surface area contributed by atoms with Gasteiger partial charge < -0.3 is 19.5 Å². The van der Waals surface area contributed by atoms with Crippen molar-refractivity contribution >= 4 is 11.8 Å². The number of amides is 2. The third-order valence-corrected chi connectivity index (χ3v) is 5.51. The number of alkyl halides is 3. The Morgan fingerprint density at radius 1 is 1.09 bits per heavy atom. The summed E-state index contributed by atoms with van der Waals surface area (Å²) in [5, 5.41) is 6.14. The van der Waals surface area contributed by atoms with Crippen LogP contribution in [0.15, 0.2) is 59.1 Å². The second-order valence-electron chi connectivity index (χ2n) is 7.99. The average molecular weight is 491 g/mol. The molecule has 0 radical (unpaired) electrons. The molecule has 0 bridgehead atoms. The number of hydrogen-bond donors (Lipinski definition) is 1. The van der Waals surface area contributed by atoms with Crippen molar-refractivity contribution in [2.24, 2.45) is 0 Å². The Morgan fingerprint density at radius 2 is 1.83 bits per heavy atom. The van der Waals surface area contributed by atoms with E-state index in [-0.39, 0.29) is 35.8 Å². The molecule has 184 valence electrons. The van der Waals surface area contributed by atoms with Gasteiger partial charge in [-0.25, -0.2) is 4.39 Å². The van der Waals surface area contributed by atoms with Gasteiger partial charge in [0, 0.05) is 37.6 Å². The lowest BCUT2D eigenvalue weighted by Gasteiger charge is -2.32. The van der Waals surface area contributed by atoms with E-state index in [9.17, 15) is 27.2 Å². The summed E-state index contributed by atoms with van der Waals surface area (Å²) < 4.78 is 62.7. The molecule has 1 N–H and O–H groups in total. The minimum absolute atomic E-state index is 0.0507. The Bertz CT molecular complexity index is 1200. The largest absolute Gasteiger partial charge is 0.490 e. The summed E-state index contributed by atoms with van der Waals surface area (Å²) in [6, 6.07) is 11.7. The number of nitrogens with one attached hydrogen (secondary N) is 1. The van der Waals surface area contributed by atoms with Crippen molar-refractivity contribution in [3.05, 3.63) is 71.7 Å². The number of nitrogens with zero attached hydrogens (tertiary/aromatic N) is 2. The molecule has 7 nitrogen and oxygen atoms in total. The van der Waals surface area contributed by atoms with E-state index < -0.39 is 23.5 Å². The van der Waals surface area contributed by atoms with Crippen LogP contribution in [-0.2, 0) is 11.0 Å². The van der Waals surface area contributed by atoms with E-state index in [1.165, 1.54) is 36.4 Å². The van der Waals surface area contributed by atoms with Crippen LogP contribution in [0.2, 0.25) is 0 Å². The zero-order valence-electron chi connectivity index (χ0n) is 18.3. The lowest BCUT2D eigenvalue weighted by atomic mass is 10.1. The Morgan fingerprint density at radius 3 is 2.54 bits per heavy atom. The van der Waals surface area contributed by atoms with Gasteiger partial charge in [0.1, 0.15) is 17.7 Å². The fraction of sp³-hybridized carbons (Fsp3) is 0.292. The monoisotopic (exact) mass is 491 g/mol. The van der Waals surface area contributed by atoms with Gasteiger partial charge in [0.05, 0.1) is 12.1 Å². The van der Waals surface area contributed by atoms with Gasteiger partial charge in [0.15, 0.2) is 11.5 Å². The van der Waals surface area contributed by atoms with Crippen LogP contribution in [0.3, 0.4) is 0 Å². The predicted molar refractivity (Wildman–Crippen MR) is 116 cm³/mol. The van der Waals surface area contributed by atoms with Crippen molar-refractivity contribution in [3.63, 3.8) is 0 Å². The maximum Gasteiger partial charge on any atom is 0.416 e. The molecular weight excluding hydrogens is 470 g/mol. The molecular formula is C24H21F4N3O4. The summed E-state index contributed by atoms with van der Waals surface area (Å²) in [6.07, 6.45) is -3.90. The minimum Gasteiger partial charge on any atom is -0.490 e. The van der Waals surface area contributed by atoms with Gasteiger partial charge in [-0.2, -0.15) is 13.2 Å². The highest BCUT2D eigenvalue weighted by Gasteiger charge is 2.31. The molecule has 3 aromatic rings. The molecule has 0 atom stereocenters. The quantitative estimate of drug-likeness (QED) is 0.520. The van der Waals surface area contributed by atoms with Crippen molar-refractivity contribution < 1.29 is 36.4 Å². The molecule has 0 aliphatic carbocycles. The second-order valence-corrected chi connectivity index (χ2v) is 7.99. The highest BCUT2D eigenvalue weighted by molar-refractivity contribution is 5.95. The number of ether oxygens (including phenoxy) is 1. The molecule has 1 aliphatic heterocycles. The van der Waals surface area contributed by atoms with Crippen molar-refractivity contribution in [2.45, 2.75) is 25.1 Å². The zero-order chi connectivity index (χ0) is 25.0. The van der Waals surface area contributed by atoms with E-state index in [1.54, 1.807) is 11.0 Å². The average Bonchev–Trinajstić information content (AvgIpc) is 3.33. The number of aromatic nitrogens is 1. The molecule has 4 rings (SSSR count). The first-order valence-electron chi connectivity index (χ1n) is 10.8. The molecule has 0 unspecified atom stereocenters. The maximum absolute atomic E-state index is 13.4. The molecule has 2 amide bonds. The van der Waals surface area contributed by atoms with E-state index in [2.05, 4.69) is 10.5 Å². The van der Waals surface area contributed by atoms with E-state index in [4.69, 9.17) is 9.26 Å². The van der Waals surface area contributed by atoms with Crippen molar-refractivity contribution in [1.82, 2.24) is 15.4 Å². The predicted octanol–water partition coefficient (Wildman–Crippen LogP) is 4.30. The fourth-order valence-corrected chi connectivity index (χ4v) is 3.68. The van der Waals surface area contributed by atoms with Crippen molar-refractivity contribution in [1.29, 1.82) is 0 Å². The lowest BCUT2D eigenvalue weighted by molar-refractivity contribution is -0.138. The van der Waals surface area contributed by atoms with Crippen molar-refractivity contribution in [2.75, 3.05) is 19.6 Å². The molecule has 0 saturated carbocycles. The molecule has 2 heterocycles. The number of likely N-dealkylation sites (tertiary alicyclic amines) is 1. The molecule has 1 aliphatic rings. The highest BCUT2D eigenvalue weighted by Crippen LogP contribution is 2.32. The van der Waals surface area contributed by atoms with Gasteiger partial charge in [0.2, 0.25) is 5.91 Å². The third kappa shape index (κ3) is 6.17. The van der Waals surface area contributed by atoms with Gasteiger partial charge in [-0.05, 0) is 30.3 Å². The maximum atomic E-state index is 13.4. The van der Waals surface area contributed by atoms with Crippen LogP contribution in [-0.4, -0.2) is 47.6 Å². The van der Waals surface area contributed by atoms with E-state index in [0.717, 1.165) is 12.1 Å². The summed E-state index contributed by atoms with van der Waals surface area (Å²) in [6.45, 7) is 0.415. The third-order valence-electron chi connectivity index (χ3n) is 5.51. The van der Waals surface area contributed by atoms with E-state index in [1.807, 2.05) is 0 Å². The Labute approximate surface area is 197 Å². The number of carbonyl (C=O) groups excluding carboxylic acids is 2. The Kier molecular flexibility index (Phi) is 7.04. The normalized spacial score (nSPS) is 14.6. The Balaban J connectivity index is 1.24. The molecule has 0 spiro atoms. The van der Waals surface area contributed by atoms with Crippen LogP contribution in [0.1, 0.15) is 28.9 Å². The molecule has 1 aromatic heterocycles. The standard InChI is InChI=1S/C24H21F4N3O4/c25-17-5-1-3-15(11-17)21-13-20(30-35-21)23(33)29-14-22(32)31-9-7-18(8-10-31)34-19-6-2-4-16(12-19)24(26,27)28/h1-6,11-13,18H,7-10,14H2,(H,29,33). The first kappa shape index (κ1) is 24.2. The molecule has 1 fully saturated rings. The smallest absolute Gasteiger partial charge is 0.416 e. The number of hydrogen-bond acceptors (Lipinski definition) is 5. The first-order chi connectivity index (χ1) is 16.7. The molecule has 1 saturated heterocycles. The van der Waals surface area contributed by atoms with Crippen molar-refractivity contribution in [3.8, 4) is 17.1 Å². The van der Waals surface area contributed by atoms with E-state index in [0.29, 0.717) is 31.5 Å². The fourth-order valence-electron chi connectivity index (χ4n) is 3.68. The van der Waals surface area contributed by atoms with Crippen LogP contribution in [0.25, 0.3) is 11.3 Å². The van der Waals surface area contributed by atoms with Gasteiger partial charge in [0.25, 0.3) is 5.91 Å². The first-order valence-corrected chi connectivity index (χ1v) is 10.8. The number of halogens is 4. The van der Waals surface area contributed by atoms with Crippen LogP contribution < -0.4 is 10.1 Å². The van der Waals surface area contributed by atoms with Gasteiger partial charge in [-0.1, -0.05) is 23.4 Å². The minimum atomic E-state index is -4.45. The number of carbonyl (C=O) groups is 2. The van der Waals surface area contributed by atoms with Gasteiger partial charge >= 0.3 is 6.18 Å². The summed E-state index contributed by atoms with van der Waals surface area (Å²) in [7, 11) is 0. The summed E-state index contributed by atoms with van der Waals surface area (Å²) in [5.41, 5.74) is -0.415. The van der Waals surface area contributed by atoms with Crippen LogP contribution in [0, 0.1) is 5.82 Å². The number of rotatable bonds is 6. The summed E-state index contributed by atoms with van der Waals surface area (Å²) in [5.74, 6) is -1.05. The second kappa shape index (κ2) is 10.2. The van der Waals surface area contributed by atoms with Crippen LogP contribution in [0.5, 0.6) is 5.75 Å². The lowest BCUT2D eigenvalue weighted by Crippen LogP contribution is -2.46. The van der Waals surface area contributed by atoms with Gasteiger partial charge in [-0.15, -0.1) is 0 Å². The summed E-state index contributed by atoms with van der Waals surface area (Å²) >= 11 is 0. The number of benzene rings is 2. The Hall–Kier alpha value is -3.89. The summed E-state index contributed by atoms with van der Waals surface area (Å²) in [4.78, 5) is 26.3. The topological polar surface area (TPSA) is 84.7 Å². The van der Waals surface area contributed by atoms with Gasteiger partial charge in [-0.3, -0.25) is 9.59 Å². The molecule has 35 heavy (non-hydrogen) atoms. The van der Waals surface area contributed by atoms with E-state index >= 15 is 0 Å². The SMILES string of the molecule is O=C(NCC(=O)N1CCC(Oc2cccc(C(F)(F)F)c2)CC1)c1cc(-c2cccc(F)c2)on1. The number of piperidine rings is 1. The molecule has 11 heteroatoms.